The maximum atomic E-state index is 13.2. The van der Waals surface area contributed by atoms with E-state index in [1.807, 2.05) is 66.7 Å². The number of hydrogen-bond donors (Lipinski definition) is 1. The van der Waals surface area contributed by atoms with E-state index in [2.05, 4.69) is 5.32 Å². The number of benzene rings is 3. The van der Waals surface area contributed by atoms with E-state index in [1.54, 1.807) is 6.92 Å². The first-order valence-corrected chi connectivity index (χ1v) is 9.56. The van der Waals surface area contributed by atoms with Crippen molar-refractivity contribution in [2.24, 2.45) is 0 Å². The predicted molar refractivity (Wildman–Crippen MR) is 108 cm³/mol. The molecule has 0 aromatic heterocycles. The zero-order valence-electron chi connectivity index (χ0n) is 15.9. The van der Waals surface area contributed by atoms with Gasteiger partial charge in [-0.05, 0) is 41.5 Å². The molecule has 0 spiro atoms. The van der Waals surface area contributed by atoms with Gasteiger partial charge in [0.25, 0.3) is 5.91 Å². The lowest BCUT2D eigenvalue weighted by molar-refractivity contribution is -0.132. The van der Waals surface area contributed by atoms with Gasteiger partial charge in [0, 0.05) is 0 Å². The molecule has 5 rings (SSSR count). The van der Waals surface area contributed by atoms with Gasteiger partial charge in [-0.3, -0.25) is 9.69 Å². The van der Waals surface area contributed by atoms with Crippen LogP contribution in [0.25, 0.3) is 10.8 Å². The second kappa shape index (κ2) is 6.51. The van der Waals surface area contributed by atoms with Crippen molar-refractivity contribution in [3.8, 4) is 11.5 Å². The van der Waals surface area contributed by atoms with Gasteiger partial charge in [-0.15, -0.1) is 0 Å². The predicted octanol–water partition coefficient (Wildman–Crippen LogP) is 3.45. The normalized spacial score (nSPS) is 23.3. The molecule has 3 aromatic rings. The van der Waals surface area contributed by atoms with Crippen LogP contribution in [0.1, 0.15) is 12.5 Å². The number of hydrogen-bond acceptors (Lipinski definition) is 4. The lowest BCUT2D eigenvalue weighted by atomic mass is 9.90. The Morgan fingerprint density at radius 3 is 2.55 bits per heavy atom. The van der Waals surface area contributed by atoms with Gasteiger partial charge in [-0.1, -0.05) is 48.5 Å². The number of amides is 3. The van der Waals surface area contributed by atoms with Gasteiger partial charge in [-0.25, -0.2) is 4.79 Å². The van der Waals surface area contributed by atoms with Crippen LogP contribution in [0, 0.1) is 0 Å². The van der Waals surface area contributed by atoms with Gasteiger partial charge in [0.1, 0.15) is 12.1 Å². The molecule has 1 saturated heterocycles. The summed E-state index contributed by atoms with van der Waals surface area (Å²) >= 11 is 0. The molecule has 6 nitrogen and oxygen atoms in total. The van der Waals surface area contributed by atoms with Crippen molar-refractivity contribution in [1.29, 1.82) is 0 Å². The van der Waals surface area contributed by atoms with Crippen LogP contribution < -0.4 is 14.8 Å². The van der Waals surface area contributed by atoms with Crippen LogP contribution in [-0.4, -0.2) is 36.1 Å². The Bertz CT molecular complexity index is 1130. The number of ether oxygens (including phenoxy) is 2. The first-order valence-electron chi connectivity index (χ1n) is 9.56. The van der Waals surface area contributed by atoms with E-state index in [9.17, 15) is 9.59 Å². The quantitative estimate of drug-likeness (QED) is 0.698. The van der Waals surface area contributed by atoms with Crippen LogP contribution in [0.2, 0.25) is 0 Å². The van der Waals surface area contributed by atoms with E-state index in [1.165, 1.54) is 4.90 Å². The SMILES string of the molecule is C[C@@]1(c2ccc3ccccc3c2)NC(=O)N(C[C@H]2COc3ccccc3O2)C1=O. The Morgan fingerprint density at radius 1 is 1.00 bits per heavy atom. The largest absolute Gasteiger partial charge is 0.486 e. The standard InChI is InChI=1S/C23H20N2O4/c1-23(17-11-10-15-6-2-3-7-16(15)12-17)21(26)25(22(27)24-23)13-18-14-28-19-8-4-5-9-20(19)29-18/h2-12,18H,13-14H2,1H3,(H,24,27)/t18-,23-/m0/s1. The van der Waals surface area contributed by atoms with Gasteiger partial charge >= 0.3 is 6.03 Å². The summed E-state index contributed by atoms with van der Waals surface area (Å²) in [4.78, 5) is 27.1. The molecule has 3 amide bonds. The third-order valence-electron chi connectivity index (χ3n) is 5.56. The zero-order chi connectivity index (χ0) is 20.0. The van der Waals surface area contributed by atoms with Crippen LogP contribution >= 0.6 is 0 Å². The minimum absolute atomic E-state index is 0.127. The van der Waals surface area contributed by atoms with Crippen LogP contribution in [0.3, 0.4) is 0 Å². The van der Waals surface area contributed by atoms with E-state index in [-0.39, 0.29) is 19.1 Å². The monoisotopic (exact) mass is 388 g/mol. The van der Waals surface area contributed by atoms with Crippen molar-refractivity contribution in [2.75, 3.05) is 13.2 Å². The molecule has 3 aromatic carbocycles. The number of carbonyl (C=O) groups is 2. The van der Waals surface area contributed by atoms with Gasteiger partial charge < -0.3 is 14.8 Å². The number of urea groups is 1. The molecule has 0 bridgehead atoms. The molecule has 0 saturated carbocycles. The van der Waals surface area contributed by atoms with Crippen molar-refractivity contribution < 1.29 is 19.1 Å². The maximum absolute atomic E-state index is 13.2. The molecule has 2 aliphatic heterocycles. The van der Waals surface area contributed by atoms with Crippen molar-refractivity contribution in [1.82, 2.24) is 10.2 Å². The Kier molecular flexibility index (Phi) is 3.94. The molecule has 2 heterocycles. The molecule has 2 aliphatic rings. The summed E-state index contributed by atoms with van der Waals surface area (Å²) in [5, 5.41) is 4.96. The second-order valence-electron chi connectivity index (χ2n) is 7.53. The topological polar surface area (TPSA) is 67.9 Å². The molecule has 0 unspecified atom stereocenters. The average Bonchev–Trinajstić information content (AvgIpc) is 2.97. The van der Waals surface area contributed by atoms with Crippen molar-refractivity contribution >= 4 is 22.7 Å². The summed E-state index contributed by atoms with van der Waals surface area (Å²) < 4.78 is 11.6. The number of carbonyl (C=O) groups excluding carboxylic acids is 2. The highest BCUT2D eigenvalue weighted by Gasteiger charge is 2.49. The first-order chi connectivity index (χ1) is 14.0. The summed E-state index contributed by atoms with van der Waals surface area (Å²) in [5.74, 6) is 0.996. The molecular weight excluding hydrogens is 368 g/mol. The van der Waals surface area contributed by atoms with Crippen molar-refractivity contribution in [3.63, 3.8) is 0 Å². The minimum atomic E-state index is -1.12. The van der Waals surface area contributed by atoms with Crippen LogP contribution in [0.5, 0.6) is 11.5 Å². The number of imide groups is 1. The molecule has 0 aliphatic carbocycles. The van der Waals surface area contributed by atoms with E-state index in [0.29, 0.717) is 11.5 Å². The number of para-hydroxylation sites is 2. The van der Waals surface area contributed by atoms with Crippen molar-refractivity contribution in [3.05, 3.63) is 72.3 Å². The Hall–Kier alpha value is -3.54. The summed E-state index contributed by atoms with van der Waals surface area (Å²) in [7, 11) is 0. The summed E-state index contributed by atoms with van der Waals surface area (Å²) in [6, 6.07) is 20.7. The Morgan fingerprint density at radius 2 is 1.72 bits per heavy atom. The number of nitrogens with one attached hydrogen (secondary N) is 1. The Balaban J connectivity index is 1.39. The molecule has 0 radical (unpaired) electrons. The molecule has 1 fully saturated rings. The summed E-state index contributed by atoms with van der Waals surface area (Å²) in [6.45, 7) is 2.15. The lowest BCUT2D eigenvalue weighted by Crippen LogP contribution is -2.45. The van der Waals surface area contributed by atoms with E-state index >= 15 is 0 Å². The van der Waals surface area contributed by atoms with Gasteiger partial charge in [0.2, 0.25) is 0 Å². The maximum Gasteiger partial charge on any atom is 0.325 e. The molecule has 2 atom stereocenters. The summed E-state index contributed by atoms with van der Waals surface area (Å²) in [6.07, 6.45) is -0.418. The smallest absolute Gasteiger partial charge is 0.325 e. The lowest BCUT2D eigenvalue weighted by Gasteiger charge is -2.29. The van der Waals surface area contributed by atoms with Gasteiger partial charge in [0.15, 0.2) is 17.6 Å². The fourth-order valence-corrected chi connectivity index (χ4v) is 3.92. The third kappa shape index (κ3) is 2.88. The highest BCUT2D eigenvalue weighted by Crippen LogP contribution is 2.34. The fourth-order valence-electron chi connectivity index (χ4n) is 3.92. The highest BCUT2D eigenvalue weighted by atomic mass is 16.6. The highest BCUT2D eigenvalue weighted by molar-refractivity contribution is 6.07. The van der Waals surface area contributed by atoms with E-state index in [4.69, 9.17) is 9.47 Å². The van der Waals surface area contributed by atoms with Gasteiger partial charge in [-0.2, -0.15) is 0 Å². The van der Waals surface area contributed by atoms with Crippen molar-refractivity contribution in [2.45, 2.75) is 18.6 Å². The minimum Gasteiger partial charge on any atom is -0.486 e. The van der Waals surface area contributed by atoms with Crippen LogP contribution in [0.4, 0.5) is 4.79 Å². The fraction of sp³-hybridized carbons (Fsp3) is 0.217. The molecule has 1 N–H and O–H groups in total. The van der Waals surface area contributed by atoms with Gasteiger partial charge in [0.05, 0.1) is 6.54 Å². The van der Waals surface area contributed by atoms with Crippen LogP contribution in [0.15, 0.2) is 66.7 Å². The van der Waals surface area contributed by atoms with E-state index in [0.717, 1.165) is 16.3 Å². The number of nitrogens with zero attached hydrogens (tertiary/aromatic N) is 1. The number of rotatable bonds is 3. The summed E-state index contributed by atoms with van der Waals surface area (Å²) in [5.41, 5.74) is -0.364. The first kappa shape index (κ1) is 17.6. The third-order valence-corrected chi connectivity index (χ3v) is 5.56. The zero-order valence-corrected chi connectivity index (χ0v) is 15.9. The van der Waals surface area contributed by atoms with Crippen LogP contribution in [-0.2, 0) is 10.3 Å². The molecule has 29 heavy (non-hydrogen) atoms. The number of fused-ring (bicyclic) bond motifs is 2. The average molecular weight is 388 g/mol. The molecule has 6 heteroatoms. The molecular formula is C23H20N2O4. The second-order valence-corrected chi connectivity index (χ2v) is 7.53. The Labute approximate surface area is 168 Å². The molecule has 146 valence electrons. The van der Waals surface area contributed by atoms with E-state index < -0.39 is 17.7 Å².